The summed E-state index contributed by atoms with van der Waals surface area (Å²) in [7, 11) is 1.98. The summed E-state index contributed by atoms with van der Waals surface area (Å²) in [5.74, 6) is 0.169. The molecule has 0 unspecified atom stereocenters. The van der Waals surface area contributed by atoms with E-state index in [2.05, 4.69) is 51.3 Å². The number of aromatic nitrogens is 4. The molecule has 1 aliphatic rings. The second-order valence-electron chi connectivity index (χ2n) is 11.0. The Morgan fingerprint density at radius 3 is 2.55 bits per heavy atom. The minimum Gasteiger partial charge on any atom is -0.390 e. The predicted molar refractivity (Wildman–Crippen MR) is 150 cm³/mol. The third-order valence-corrected chi connectivity index (χ3v) is 7.07. The van der Waals surface area contributed by atoms with Crippen LogP contribution in [0.3, 0.4) is 0 Å². The third-order valence-electron chi connectivity index (χ3n) is 7.07. The number of fused-ring (bicyclic) bond motifs is 1. The maximum Gasteiger partial charge on any atom is 0.319 e. The lowest BCUT2D eigenvalue weighted by atomic mass is 9.87. The van der Waals surface area contributed by atoms with Crippen LogP contribution in [-0.4, -0.2) is 79.6 Å². The molecule has 38 heavy (non-hydrogen) atoms. The Labute approximate surface area is 229 Å². The minimum atomic E-state index is -0.935. The summed E-state index contributed by atoms with van der Waals surface area (Å²) in [6.07, 6.45) is 2.50. The lowest BCUT2D eigenvalue weighted by Gasteiger charge is -2.23. The number of nitrogens with two attached hydrogens (primary N) is 1. The topological polar surface area (TPSA) is 154 Å². The molecule has 1 aromatic carbocycles. The summed E-state index contributed by atoms with van der Waals surface area (Å²) >= 11 is 0. The molecule has 3 aromatic rings. The number of rotatable bonds is 8. The number of carbonyl (C=O) groups excluding carboxylic acids is 1. The number of amides is 2. The summed E-state index contributed by atoms with van der Waals surface area (Å²) in [6.45, 7) is 8.34. The van der Waals surface area contributed by atoms with Gasteiger partial charge in [0.15, 0.2) is 11.5 Å². The molecule has 11 nitrogen and oxygen atoms in total. The van der Waals surface area contributed by atoms with Crippen molar-refractivity contribution in [1.29, 1.82) is 0 Å². The van der Waals surface area contributed by atoms with Crippen molar-refractivity contribution in [3.8, 4) is 0 Å². The number of nitrogens with one attached hydrogen (secondary N) is 2. The fourth-order valence-electron chi connectivity index (χ4n) is 4.94. The molecule has 0 aliphatic heterocycles. The van der Waals surface area contributed by atoms with Crippen molar-refractivity contribution in [3.05, 3.63) is 42.5 Å². The van der Waals surface area contributed by atoms with Gasteiger partial charge in [0.25, 0.3) is 0 Å². The van der Waals surface area contributed by atoms with Gasteiger partial charge in [0.1, 0.15) is 17.9 Å². The van der Waals surface area contributed by atoms with Crippen LogP contribution in [0.1, 0.15) is 45.2 Å². The number of imidazole rings is 1. The average Bonchev–Trinajstić information content (AvgIpc) is 3.39. The molecule has 0 spiro atoms. The molecule has 0 saturated heterocycles. The number of anilines is 2. The second-order valence-corrected chi connectivity index (χ2v) is 11.0. The van der Waals surface area contributed by atoms with Crippen LogP contribution < -0.4 is 16.4 Å². The summed E-state index contributed by atoms with van der Waals surface area (Å²) in [5, 5.41) is 27.2. The van der Waals surface area contributed by atoms with E-state index in [-0.39, 0.29) is 41.6 Å². The maximum atomic E-state index is 12.2. The highest BCUT2D eigenvalue weighted by molar-refractivity contribution is 5.89. The highest BCUT2D eigenvalue weighted by atomic mass is 35.5. The summed E-state index contributed by atoms with van der Waals surface area (Å²) in [5.41, 5.74) is 8.95. The standard InChI is InChI=1S/C26H38N8O3.ClH/c1-26(2,3)17-6-8-18(9-7-17)32-25(37)28-10-5-11-33(4)13-16-12-19(22(36)21(16)35)34-15-31-20-23(27)29-14-30-24(20)34;/h6-9,14-16,19,21-22,35-36H,5,10-13H2,1-4H3,(H2,27,29,30)(H2,28,32,37);1H/t16-,19+,21+,22-;/m0./s1. The Morgan fingerprint density at radius 2 is 1.87 bits per heavy atom. The van der Waals surface area contributed by atoms with Crippen LogP contribution in [0.5, 0.6) is 0 Å². The number of aliphatic hydroxyl groups is 2. The van der Waals surface area contributed by atoms with Crippen molar-refractivity contribution >= 4 is 41.1 Å². The Morgan fingerprint density at radius 1 is 1.16 bits per heavy atom. The average molecular weight is 547 g/mol. The summed E-state index contributed by atoms with van der Waals surface area (Å²) in [6, 6.07) is 7.30. The number of urea groups is 1. The predicted octanol–water partition coefficient (Wildman–Crippen LogP) is 2.55. The van der Waals surface area contributed by atoms with E-state index < -0.39 is 12.2 Å². The molecule has 1 aliphatic carbocycles. The van der Waals surface area contributed by atoms with E-state index in [1.807, 2.05) is 31.3 Å². The molecule has 2 aromatic heterocycles. The van der Waals surface area contributed by atoms with Crippen molar-refractivity contribution in [2.45, 2.75) is 57.3 Å². The molecule has 2 heterocycles. The first kappa shape index (κ1) is 29.6. The number of nitrogens with zero attached hydrogens (tertiary/aromatic N) is 5. The zero-order chi connectivity index (χ0) is 26.7. The summed E-state index contributed by atoms with van der Waals surface area (Å²) < 4.78 is 1.78. The first-order valence-electron chi connectivity index (χ1n) is 12.7. The molecule has 1 fully saturated rings. The molecule has 0 radical (unpaired) electrons. The molecule has 6 N–H and O–H groups in total. The van der Waals surface area contributed by atoms with Gasteiger partial charge in [0.2, 0.25) is 0 Å². The number of nitrogen functional groups attached to an aromatic ring is 1. The van der Waals surface area contributed by atoms with Crippen LogP contribution in [0.25, 0.3) is 11.2 Å². The van der Waals surface area contributed by atoms with E-state index >= 15 is 0 Å². The van der Waals surface area contributed by atoms with Gasteiger partial charge >= 0.3 is 6.03 Å². The number of hydrogen-bond acceptors (Lipinski definition) is 8. The first-order valence-corrected chi connectivity index (χ1v) is 12.7. The molecule has 1 saturated carbocycles. The van der Waals surface area contributed by atoms with Gasteiger partial charge in [-0.1, -0.05) is 32.9 Å². The van der Waals surface area contributed by atoms with Crippen molar-refractivity contribution in [2.24, 2.45) is 5.92 Å². The molecule has 0 bridgehead atoms. The smallest absolute Gasteiger partial charge is 0.319 e. The second kappa shape index (κ2) is 12.2. The highest BCUT2D eigenvalue weighted by Crippen LogP contribution is 2.37. The fourth-order valence-corrected chi connectivity index (χ4v) is 4.94. The summed E-state index contributed by atoms with van der Waals surface area (Å²) in [4.78, 5) is 26.9. The maximum absolute atomic E-state index is 12.2. The van der Waals surface area contributed by atoms with E-state index in [0.29, 0.717) is 30.7 Å². The quantitative estimate of drug-likeness (QED) is 0.270. The van der Waals surface area contributed by atoms with E-state index in [1.165, 1.54) is 11.9 Å². The van der Waals surface area contributed by atoms with Gasteiger partial charge in [-0.15, -0.1) is 12.4 Å². The van der Waals surface area contributed by atoms with Gasteiger partial charge in [-0.2, -0.15) is 0 Å². The number of benzene rings is 1. The van der Waals surface area contributed by atoms with Crippen molar-refractivity contribution in [1.82, 2.24) is 29.7 Å². The number of carbonyl (C=O) groups is 1. The van der Waals surface area contributed by atoms with Crippen LogP contribution >= 0.6 is 12.4 Å². The van der Waals surface area contributed by atoms with Crippen LogP contribution in [-0.2, 0) is 5.41 Å². The van der Waals surface area contributed by atoms with Crippen LogP contribution in [0.2, 0.25) is 0 Å². The number of hydrogen-bond donors (Lipinski definition) is 5. The fraction of sp³-hybridized carbons (Fsp3) is 0.538. The van der Waals surface area contributed by atoms with Crippen molar-refractivity contribution in [3.63, 3.8) is 0 Å². The SMILES string of the molecule is CN(CCCNC(=O)Nc1ccc(C(C)(C)C)cc1)C[C@@H]1C[C@@H](n2cnc3c(N)ncnc32)[C@H](O)[C@@H]1O.Cl. The minimum absolute atomic E-state index is 0. The van der Waals surface area contributed by atoms with Gasteiger partial charge in [-0.05, 0) is 49.5 Å². The molecule has 12 heteroatoms. The zero-order valence-corrected chi connectivity index (χ0v) is 23.1. The molecular weight excluding hydrogens is 508 g/mol. The van der Waals surface area contributed by atoms with Crippen LogP contribution in [0.15, 0.2) is 36.9 Å². The number of halogens is 1. The largest absolute Gasteiger partial charge is 0.390 e. The Kier molecular flexibility index (Phi) is 9.53. The van der Waals surface area contributed by atoms with Crippen LogP contribution in [0, 0.1) is 5.92 Å². The molecule has 4 rings (SSSR count). The molecular formula is C26H39ClN8O3. The molecule has 2 amide bonds. The van der Waals surface area contributed by atoms with Gasteiger partial charge in [-0.3, -0.25) is 0 Å². The Balaban J connectivity index is 0.00000400. The lowest BCUT2D eigenvalue weighted by Crippen LogP contribution is -2.36. The van der Waals surface area contributed by atoms with Crippen LogP contribution in [0.4, 0.5) is 16.3 Å². The van der Waals surface area contributed by atoms with Gasteiger partial charge in [0.05, 0.1) is 18.5 Å². The lowest BCUT2D eigenvalue weighted by molar-refractivity contribution is 0.00164. The zero-order valence-electron chi connectivity index (χ0n) is 22.3. The van der Waals surface area contributed by atoms with Gasteiger partial charge in [0, 0.05) is 24.7 Å². The van der Waals surface area contributed by atoms with E-state index in [4.69, 9.17) is 5.73 Å². The van der Waals surface area contributed by atoms with Gasteiger partial charge < -0.3 is 36.0 Å². The van der Waals surface area contributed by atoms with E-state index in [0.717, 1.165) is 18.7 Å². The molecule has 208 valence electrons. The van der Waals surface area contributed by atoms with Crippen molar-refractivity contribution < 1.29 is 15.0 Å². The van der Waals surface area contributed by atoms with Gasteiger partial charge in [-0.25, -0.2) is 19.7 Å². The normalized spacial score (nSPS) is 21.4. The Bertz CT molecular complexity index is 1210. The highest BCUT2D eigenvalue weighted by Gasteiger charge is 2.43. The number of aliphatic hydroxyl groups excluding tert-OH is 2. The monoisotopic (exact) mass is 546 g/mol. The van der Waals surface area contributed by atoms with E-state index in [9.17, 15) is 15.0 Å². The Hall–Kier alpha value is -2.99. The first-order chi connectivity index (χ1) is 17.5. The third kappa shape index (κ3) is 6.71. The van der Waals surface area contributed by atoms with Crippen molar-refractivity contribution in [2.75, 3.05) is 37.7 Å². The van der Waals surface area contributed by atoms with E-state index in [1.54, 1.807) is 10.9 Å². The molecule has 4 atom stereocenters.